The van der Waals surface area contributed by atoms with E-state index in [9.17, 15) is 0 Å². The van der Waals surface area contributed by atoms with E-state index in [4.69, 9.17) is 0 Å². The van der Waals surface area contributed by atoms with Crippen LogP contribution < -0.4 is 0 Å². The van der Waals surface area contributed by atoms with E-state index >= 15 is 0 Å². The number of hydrogen-bond donors (Lipinski definition) is 0. The fraction of sp³-hybridized carbons (Fsp3) is 0. The summed E-state index contributed by atoms with van der Waals surface area (Å²) in [5.41, 5.74) is 0. The third-order valence-corrected chi connectivity index (χ3v) is 5.85. The Morgan fingerprint density at radius 3 is 1.23 bits per heavy atom. The molecule has 2 aliphatic heterocycles. The van der Waals surface area contributed by atoms with Crippen LogP contribution in [-0.4, -0.2) is 52.9 Å². The zero-order chi connectivity index (χ0) is 8.49. The van der Waals surface area contributed by atoms with Crippen LogP contribution in [0.25, 0.3) is 0 Å². The van der Waals surface area contributed by atoms with Gasteiger partial charge in [-0.15, -0.1) is 0 Å². The van der Waals surface area contributed by atoms with E-state index in [0.29, 0.717) is 0 Å². The van der Waals surface area contributed by atoms with E-state index in [2.05, 4.69) is 27.1 Å². The fourth-order valence-corrected chi connectivity index (χ4v) is 4.00. The van der Waals surface area contributed by atoms with Gasteiger partial charge in [0.15, 0.2) is 0 Å². The van der Waals surface area contributed by atoms with Gasteiger partial charge in [0.2, 0.25) is 0 Å². The predicted octanol–water partition coefficient (Wildman–Crippen LogP) is 0.904. The molecule has 2 aliphatic rings. The molecule has 0 spiro atoms. The van der Waals surface area contributed by atoms with Gasteiger partial charge < -0.3 is 0 Å². The number of hydrogen-bond acceptors (Lipinski definition) is 0. The minimum absolute atomic E-state index is 0. The Balaban J connectivity index is 0.000000206. The summed E-state index contributed by atoms with van der Waals surface area (Å²) in [5.74, 6) is 0. The summed E-state index contributed by atoms with van der Waals surface area (Å²) in [7, 11) is 0. The van der Waals surface area contributed by atoms with Crippen molar-refractivity contribution in [1.82, 2.24) is 0 Å². The zero-order valence-electron chi connectivity index (χ0n) is 6.85. The Hall–Kier alpha value is 0.973. The van der Waals surface area contributed by atoms with Crippen LogP contribution in [0.1, 0.15) is 0 Å². The van der Waals surface area contributed by atoms with Crippen molar-refractivity contribution in [2.75, 3.05) is 0 Å². The van der Waals surface area contributed by atoms with Gasteiger partial charge in [-0.2, -0.15) is 0 Å². The average Bonchev–Trinajstić information content (AvgIpc) is 2.24. The molecular weight excluding hydrogens is 597 g/mol. The van der Waals surface area contributed by atoms with Crippen LogP contribution in [-0.2, 0) is 16.8 Å². The molecule has 0 amide bonds. The maximum Gasteiger partial charge on any atom is 2.00 e. The summed E-state index contributed by atoms with van der Waals surface area (Å²) in [5, 5.41) is 0. The van der Waals surface area contributed by atoms with Crippen molar-refractivity contribution in [2.24, 2.45) is 0 Å². The summed E-state index contributed by atoms with van der Waals surface area (Å²) in [4.78, 5) is 0. The van der Waals surface area contributed by atoms with Crippen LogP contribution in [0.4, 0.5) is 0 Å². The van der Waals surface area contributed by atoms with E-state index in [1.165, 1.54) is 0 Å². The van der Waals surface area contributed by atoms with E-state index < -0.39 is 0 Å². The molecule has 2 heterocycles. The maximum atomic E-state index is 3.20. The number of allylic oxidation sites excluding steroid dienone is 6. The molecule has 0 saturated heterocycles. The first-order valence-corrected chi connectivity index (χ1v) is 11.0. The van der Waals surface area contributed by atoms with E-state index in [1.54, 1.807) is 0 Å². The predicted molar refractivity (Wildman–Crippen MR) is 58.1 cm³/mol. The Kier molecular flexibility index (Phi) is 11.9. The van der Waals surface area contributed by atoms with Gasteiger partial charge in [0.05, 0.1) is 0 Å². The van der Waals surface area contributed by atoms with Crippen LogP contribution >= 0.6 is 0 Å². The van der Waals surface area contributed by atoms with Gasteiger partial charge >= 0.3 is 114 Å². The molecule has 13 heavy (non-hydrogen) atoms. The minimum atomic E-state index is -0.306. The molecule has 0 aromatic heterocycles. The van der Waals surface area contributed by atoms with Crippen LogP contribution in [0.5, 0.6) is 0 Å². The van der Waals surface area contributed by atoms with Crippen molar-refractivity contribution >= 4 is 52.9 Å². The maximum absolute atomic E-state index is 3.20. The first-order valence-electron chi connectivity index (χ1n) is 3.54. The van der Waals surface area contributed by atoms with Gasteiger partial charge in [-0.1, -0.05) is 0 Å². The molecular formula is C10H8Bi2Co. The number of rotatable bonds is 0. The van der Waals surface area contributed by atoms with Crippen molar-refractivity contribution in [1.29, 1.82) is 0 Å². The first-order chi connectivity index (χ1) is 6.00. The largest absolute Gasteiger partial charge is 2.00 e. The molecule has 3 heteroatoms. The Morgan fingerprint density at radius 1 is 0.692 bits per heavy atom. The fourth-order valence-electron chi connectivity index (χ4n) is 0.555. The van der Waals surface area contributed by atoms with Gasteiger partial charge in [0, 0.05) is 0 Å². The van der Waals surface area contributed by atoms with Crippen molar-refractivity contribution in [3.8, 4) is 0 Å². The van der Waals surface area contributed by atoms with Gasteiger partial charge in [-0.05, 0) is 0 Å². The Morgan fingerprint density at radius 2 is 1.15 bits per heavy atom. The molecule has 0 aliphatic carbocycles. The second-order valence-electron chi connectivity index (χ2n) is 1.92. The van der Waals surface area contributed by atoms with Crippen LogP contribution in [0.2, 0.25) is 0 Å². The molecule has 0 nitrogen and oxygen atoms in total. The third-order valence-electron chi connectivity index (χ3n) is 1.03. The zero-order valence-corrected chi connectivity index (χ0v) is 14.8. The smallest absolute Gasteiger partial charge is 2.00 e. The molecule has 1 radical (unpaired) electrons. The van der Waals surface area contributed by atoms with Crippen LogP contribution in [0.3, 0.4) is 0 Å². The van der Waals surface area contributed by atoms with E-state index in [-0.39, 0.29) is 62.3 Å². The standard InChI is InChI=1S/2C5H4.2Bi.Co/c2*1-3-5-4-2;;;/h2*1,3-5H;;;/q2*-1;;;+2. The second-order valence-corrected chi connectivity index (χ2v) is 8.25. The first kappa shape index (κ1) is 14.0. The van der Waals surface area contributed by atoms with Crippen molar-refractivity contribution in [2.45, 2.75) is 0 Å². The molecule has 0 fully saturated rings. The van der Waals surface area contributed by atoms with Gasteiger partial charge in [0.1, 0.15) is 0 Å². The molecule has 0 unspecified atom stereocenters. The monoisotopic (exact) mass is 605 g/mol. The van der Waals surface area contributed by atoms with Gasteiger partial charge in [0.25, 0.3) is 0 Å². The van der Waals surface area contributed by atoms with Gasteiger partial charge in [-0.3, -0.25) is 0 Å². The summed E-state index contributed by atoms with van der Waals surface area (Å²) < 4.78 is 10.9. The third kappa shape index (κ3) is 9.28. The molecule has 2 rings (SSSR count). The molecule has 0 bridgehead atoms. The molecule has 0 aromatic rings. The molecule has 0 aromatic carbocycles. The average molecular weight is 605 g/mol. The summed E-state index contributed by atoms with van der Waals surface area (Å²) >= 11 is -0.613. The summed E-state index contributed by atoms with van der Waals surface area (Å²) in [6.45, 7) is 0. The molecule has 0 saturated carbocycles. The van der Waals surface area contributed by atoms with E-state index in [1.807, 2.05) is 24.3 Å². The Labute approximate surface area is 112 Å². The van der Waals surface area contributed by atoms with Crippen LogP contribution in [0, 0.1) is 0 Å². The summed E-state index contributed by atoms with van der Waals surface area (Å²) in [6, 6.07) is 0. The van der Waals surface area contributed by atoms with E-state index in [0.717, 1.165) is 0 Å². The Bertz CT molecular complexity index is 182. The van der Waals surface area contributed by atoms with Crippen molar-refractivity contribution < 1.29 is 16.8 Å². The second kappa shape index (κ2) is 11.0. The molecule has 67 valence electrons. The minimum Gasteiger partial charge on any atom is 2.00 e. The molecule has 0 atom stereocenters. The van der Waals surface area contributed by atoms with Gasteiger partial charge in [-0.25, -0.2) is 0 Å². The quantitative estimate of drug-likeness (QED) is 0.285. The van der Waals surface area contributed by atoms with Crippen LogP contribution in [0.15, 0.2) is 44.0 Å². The van der Waals surface area contributed by atoms with Crippen molar-refractivity contribution in [3.05, 3.63) is 44.0 Å². The SMILES string of the molecule is [C-]1=[Bi][CH]=CC=C1.[C-]1=[Bi][CH]=CC=C1.[Co+2]. The summed E-state index contributed by atoms with van der Waals surface area (Å²) in [6.07, 6.45) is 12.3. The molecule has 0 N–H and O–H groups in total. The topological polar surface area (TPSA) is 0 Å². The van der Waals surface area contributed by atoms with Crippen molar-refractivity contribution in [3.63, 3.8) is 0 Å². The normalized spacial score (nSPS) is 14.8.